The second-order valence-electron chi connectivity index (χ2n) is 8.50. The van der Waals surface area contributed by atoms with Crippen LogP contribution in [0.2, 0.25) is 0 Å². The Balaban J connectivity index is 1.27. The summed E-state index contributed by atoms with van der Waals surface area (Å²) in [6.45, 7) is 5.98. The minimum absolute atomic E-state index is 0.262. The molecule has 5 rings (SSSR count). The Bertz CT molecular complexity index is 1520. The van der Waals surface area contributed by atoms with Gasteiger partial charge >= 0.3 is 0 Å². The maximum absolute atomic E-state index is 12.5. The van der Waals surface area contributed by atoms with Gasteiger partial charge in [-0.25, -0.2) is 4.98 Å². The molecule has 2 aromatic heterocycles. The van der Waals surface area contributed by atoms with Gasteiger partial charge in [0, 0.05) is 18.4 Å². The van der Waals surface area contributed by atoms with Crippen molar-refractivity contribution >= 4 is 5.78 Å². The molecule has 0 N–H and O–H groups in total. The van der Waals surface area contributed by atoms with E-state index in [0.29, 0.717) is 36.7 Å². The average Bonchev–Trinajstić information content (AvgIpc) is 3.53. The fraction of sp³-hybridized carbons (Fsp3) is 0.133. The van der Waals surface area contributed by atoms with Crippen molar-refractivity contribution in [2.24, 2.45) is 0 Å². The van der Waals surface area contributed by atoms with Gasteiger partial charge in [0.25, 0.3) is 0 Å². The number of hydrogen-bond acceptors (Lipinski definition) is 6. The Morgan fingerprint density at radius 2 is 1.73 bits per heavy atom. The standard InChI is InChI=1S/C30H26N4O3/c1-3-28(35)29-27(32-34(33-29)24-14-8-5-9-15-24)20-22-11-10-16-25(19-22)36-18-17-26-21(2)37-30(31-26)23-12-6-4-7-13-23/h3-16,19H,1,17-18,20H2,2H3. The van der Waals surface area contributed by atoms with E-state index < -0.39 is 0 Å². The van der Waals surface area contributed by atoms with Crippen molar-refractivity contribution in [2.45, 2.75) is 19.8 Å². The van der Waals surface area contributed by atoms with Crippen molar-refractivity contribution < 1.29 is 13.9 Å². The molecule has 5 aromatic rings. The van der Waals surface area contributed by atoms with Gasteiger partial charge in [-0.1, -0.05) is 55.1 Å². The van der Waals surface area contributed by atoms with Crippen molar-refractivity contribution in [1.82, 2.24) is 20.0 Å². The summed E-state index contributed by atoms with van der Waals surface area (Å²) >= 11 is 0. The maximum atomic E-state index is 12.5. The Labute approximate surface area is 215 Å². The molecular weight excluding hydrogens is 464 g/mol. The molecule has 7 nitrogen and oxygen atoms in total. The molecule has 7 heteroatoms. The van der Waals surface area contributed by atoms with Crippen LogP contribution in [-0.4, -0.2) is 32.4 Å². The van der Waals surface area contributed by atoms with Crippen molar-refractivity contribution in [2.75, 3.05) is 6.61 Å². The first kappa shape index (κ1) is 23.9. The summed E-state index contributed by atoms with van der Waals surface area (Å²) in [6, 6.07) is 27.1. The zero-order chi connectivity index (χ0) is 25.6. The molecule has 0 bridgehead atoms. The fourth-order valence-corrected chi connectivity index (χ4v) is 3.99. The van der Waals surface area contributed by atoms with Crippen LogP contribution in [0.4, 0.5) is 0 Å². The van der Waals surface area contributed by atoms with Crippen LogP contribution in [0.25, 0.3) is 17.1 Å². The minimum atomic E-state index is -0.262. The molecule has 3 aromatic carbocycles. The van der Waals surface area contributed by atoms with Crippen molar-refractivity contribution in [1.29, 1.82) is 0 Å². The Morgan fingerprint density at radius 3 is 2.49 bits per heavy atom. The molecule has 0 radical (unpaired) electrons. The summed E-state index contributed by atoms with van der Waals surface area (Å²) in [6.07, 6.45) is 2.31. The van der Waals surface area contributed by atoms with E-state index in [4.69, 9.17) is 9.15 Å². The summed E-state index contributed by atoms with van der Waals surface area (Å²) < 4.78 is 11.9. The SMILES string of the molecule is C=CC(=O)c1nn(-c2ccccc2)nc1Cc1cccc(OCCc2nc(-c3ccccc3)oc2C)c1. The number of oxazole rings is 1. The van der Waals surface area contributed by atoms with Gasteiger partial charge < -0.3 is 9.15 Å². The van der Waals surface area contributed by atoms with E-state index in [0.717, 1.165) is 34.0 Å². The summed E-state index contributed by atoms with van der Waals surface area (Å²) in [7, 11) is 0. The molecule has 0 spiro atoms. The molecule has 0 amide bonds. The first-order valence-electron chi connectivity index (χ1n) is 12.0. The number of aryl methyl sites for hydroxylation is 1. The lowest BCUT2D eigenvalue weighted by Gasteiger charge is -2.07. The van der Waals surface area contributed by atoms with Gasteiger partial charge in [-0.2, -0.15) is 9.90 Å². The van der Waals surface area contributed by atoms with Gasteiger partial charge in [-0.3, -0.25) is 4.79 Å². The predicted molar refractivity (Wildman–Crippen MR) is 141 cm³/mol. The highest BCUT2D eigenvalue weighted by atomic mass is 16.5. The molecule has 184 valence electrons. The fourth-order valence-electron chi connectivity index (χ4n) is 3.99. The molecule has 0 aliphatic rings. The highest BCUT2D eigenvalue weighted by Gasteiger charge is 2.18. The van der Waals surface area contributed by atoms with Gasteiger partial charge in [-0.05, 0) is 55.0 Å². The van der Waals surface area contributed by atoms with E-state index in [-0.39, 0.29) is 5.78 Å². The highest BCUT2D eigenvalue weighted by molar-refractivity contribution is 6.03. The molecule has 0 fully saturated rings. The van der Waals surface area contributed by atoms with E-state index >= 15 is 0 Å². The van der Waals surface area contributed by atoms with Gasteiger partial charge in [0.1, 0.15) is 11.5 Å². The van der Waals surface area contributed by atoms with Gasteiger partial charge in [0.15, 0.2) is 5.69 Å². The van der Waals surface area contributed by atoms with Gasteiger partial charge in [0.05, 0.1) is 23.7 Å². The van der Waals surface area contributed by atoms with Crippen LogP contribution < -0.4 is 4.74 Å². The molecule has 0 saturated carbocycles. The third kappa shape index (κ3) is 5.56. The first-order chi connectivity index (χ1) is 18.1. The smallest absolute Gasteiger partial charge is 0.226 e. The molecule has 0 aliphatic carbocycles. The van der Waals surface area contributed by atoms with Crippen molar-refractivity contribution in [3.63, 3.8) is 0 Å². The normalized spacial score (nSPS) is 10.8. The van der Waals surface area contributed by atoms with Crippen LogP contribution in [0, 0.1) is 6.92 Å². The van der Waals surface area contributed by atoms with Gasteiger partial charge in [-0.15, -0.1) is 5.10 Å². The summed E-state index contributed by atoms with van der Waals surface area (Å²) in [5.41, 5.74) is 4.43. The highest BCUT2D eigenvalue weighted by Crippen LogP contribution is 2.23. The number of ether oxygens (including phenoxy) is 1. The summed E-state index contributed by atoms with van der Waals surface area (Å²) in [5.74, 6) is 1.87. The zero-order valence-electron chi connectivity index (χ0n) is 20.5. The topological polar surface area (TPSA) is 83.0 Å². The van der Waals surface area contributed by atoms with E-state index in [2.05, 4.69) is 21.8 Å². The number of rotatable bonds is 10. The monoisotopic (exact) mass is 490 g/mol. The van der Waals surface area contributed by atoms with Crippen molar-refractivity contribution in [3.8, 4) is 22.9 Å². The molecule has 0 saturated heterocycles. The number of carbonyl (C=O) groups excluding carboxylic acids is 1. The quantitative estimate of drug-likeness (QED) is 0.181. The number of aromatic nitrogens is 4. The second kappa shape index (κ2) is 10.9. The number of benzene rings is 3. The lowest BCUT2D eigenvalue weighted by molar-refractivity contribution is 0.104. The van der Waals surface area contributed by atoms with E-state index in [9.17, 15) is 4.79 Å². The molecule has 0 aliphatic heterocycles. The largest absolute Gasteiger partial charge is 0.493 e. The zero-order valence-corrected chi connectivity index (χ0v) is 20.5. The molecule has 0 atom stereocenters. The Hall–Kier alpha value is -4.78. The van der Waals surface area contributed by atoms with Crippen LogP contribution in [0.1, 0.15) is 33.2 Å². The number of para-hydroxylation sites is 1. The van der Waals surface area contributed by atoms with Crippen LogP contribution >= 0.6 is 0 Å². The predicted octanol–water partition coefficient (Wildman–Crippen LogP) is 5.81. The Morgan fingerprint density at radius 1 is 0.973 bits per heavy atom. The number of nitrogens with zero attached hydrogens (tertiary/aromatic N) is 4. The second-order valence-corrected chi connectivity index (χ2v) is 8.50. The van der Waals surface area contributed by atoms with Gasteiger partial charge in [0.2, 0.25) is 11.7 Å². The third-order valence-corrected chi connectivity index (χ3v) is 5.88. The van der Waals surface area contributed by atoms with Crippen LogP contribution in [0.3, 0.4) is 0 Å². The lowest BCUT2D eigenvalue weighted by atomic mass is 10.1. The third-order valence-electron chi connectivity index (χ3n) is 5.88. The molecule has 2 heterocycles. The molecule has 37 heavy (non-hydrogen) atoms. The number of hydrogen-bond donors (Lipinski definition) is 0. The van der Waals surface area contributed by atoms with Crippen LogP contribution in [0.15, 0.2) is 102 Å². The summed E-state index contributed by atoms with van der Waals surface area (Å²) in [5, 5.41) is 9.01. The Kier molecular flexibility index (Phi) is 7.03. The van der Waals surface area contributed by atoms with E-state index in [1.54, 1.807) is 0 Å². The van der Waals surface area contributed by atoms with Crippen LogP contribution in [-0.2, 0) is 12.8 Å². The number of ketones is 1. The lowest BCUT2D eigenvalue weighted by Crippen LogP contribution is -2.04. The van der Waals surface area contributed by atoms with E-state index in [1.807, 2.05) is 91.9 Å². The molecular formula is C30H26N4O3. The number of carbonyl (C=O) groups is 1. The van der Waals surface area contributed by atoms with E-state index in [1.165, 1.54) is 10.9 Å². The molecule has 0 unspecified atom stereocenters. The van der Waals surface area contributed by atoms with Crippen molar-refractivity contribution in [3.05, 3.63) is 126 Å². The summed E-state index contributed by atoms with van der Waals surface area (Å²) in [4.78, 5) is 18.6. The average molecular weight is 491 g/mol. The number of allylic oxidation sites excluding steroid dienone is 1. The minimum Gasteiger partial charge on any atom is -0.493 e. The van der Waals surface area contributed by atoms with Crippen LogP contribution in [0.5, 0.6) is 5.75 Å². The first-order valence-corrected chi connectivity index (χ1v) is 12.0. The maximum Gasteiger partial charge on any atom is 0.226 e.